The van der Waals surface area contributed by atoms with Crippen LogP contribution in [0.4, 0.5) is 4.39 Å². The highest BCUT2D eigenvalue weighted by molar-refractivity contribution is 9.10. The lowest BCUT2D eigenvalue weighted by Gasteiger charge is -2.16. The van der Waals surface area contributed by atoms with Gasteiger partial charge in [0.2, 0.25) is 0 Å². The quantitative estimate of drug-likeness (QED) is 0.569. The van der Waals surface area contributed by atoms with Gasteiger partial charge in [-0.2, -0.15) is 0 Å². The molecule has 0 fully saturated rings. The predicted octanol–water partition coefficient (Wildman–Crippen LogP) is 5.24. The van der Waals surface area contributed by atoms with Crippen LogP contribution in [0.1, 0.15) is 41.7 Å². The van der Waals surface area contributed by atoms with Crippen LogP contribution >= 0.6 is 27.5 Å². The molecule has 0 saturated heterocycles. The van der Waals surface area contributed by atoms with Crippen LogP contribution in [0.3, 0.4) is 0 Å². The predicted molar refractivity (Wildman–Crippen MR) is 105 cm³/mol. The number of halogens is 3. The number of nitrogens with zero attached hydrogens (tertiary/aromatic N) is 1. The Morgan fingerprint density at radius 2 is 2.00 bits per heavy atom. The number of carboxylic acid groups (broad SMARTS) is 1. The zero-order chi connectivity index (χ0) is 19.3. The van der Waals surface area contributed by atoms with Crippen molar-refractivity contribution in [3.63, 3.8) is 0 Å². The first-order valence-electron chi connectivity index (χ1n) is 8.50. The van der Waals surface area contributed by atoms with Crippen LogP contribution in [0.15, 0.2) is 40.9 Å². The fourth-order valence-corrected chi connectivity index (χ4v) is 4.84. The molecule has 7 heteroatoms. The molecule has 1 aliphatic carbocycles. The second kappa shape index (κ2) is 6.93. The third kappa shape index (κ3) is 3.26. The monoisotopic (exact) mass is 451 g/mol. The minimum atomic E-state index is -0.923. The average Bonchev–Trinajstić information content (AvgIpc) is 3.06. The molecule has 1 heterocycles. The van der Waals surface area contributed by atoms with Gasteiger partial charge in [0.15, 0.2) is 0 Å². The molecule has 1 unspecified atom stereocenters. The molecule has 2 aromatic carbocycles. The molecule has 1 aromatic heterocycles. The maximum atomic E-state index is 14.1. The third-order valence-electron chi connectivity index (χ3n) is 5.06. The van der Waals surface area contributed by atoms with Gasteiger partial charge in [-0.25, -0.2) is 4.39 Å². The lowest BCUT2D eigenvalue weighted by atomic mass is 10.0. The van der Waals surface area contributed by atoms with E-state index < -0.39 is 17.9 Å². The SMILES string of the molecule is O=C(O)C[C@H]1CC(O)c2c1n(Cc1ccc(Cl)cc1)c1c(Br)cc(F)cc21. The average molecular weight is 453 g/mol. The van der Waals surface area contributed by atoms with Crippen LogP contribution in [0.25, 0.3) is 10.9 Å². The molecule has 0 bridgehead atoms. The smallest absolute Gasteiger partial charge is 0.304 e. The van der Waals surface area contributed by atoms with Crippen LogP contribution < -0.4 is 0 Å². The molecule has 4 nitrogen and oxygen atoms in total. The van der Waals surface area contributed by atoms with Crippen molar-refractivity contribution >= 4 is 44.4 Å². The summed E-state index contributed by atoms with van der Waals surface area (Å²) in [5.74, 6) is -1.66. The van der Waals surface area contributed by atoms with Gasteiger partial charge in [0.05, 0.1) is 18.0 Å². The zero-order valence-corrected chi connectivity index (χ0v) is 16.5. The fourth-order valence-electron chi connectivity index (χ4n) is 4.07. The van der Waals surface area contributed by atoms with E-state index in [1.165, 1.54) is 12.1 Å². The van der Waals surface area contributed by atoms with Crippen LogP contribution in [0.5, 0.6) is 0 Å². The van der Waals surface area contributed by atoms with Gasteiger partial charge < -0.3 is 14.8 Å². The Morgan fingerprint density at radius 3 is 2.67 bits per heavy atom. The van der Waals surface area contributed by atoms with E-state index in [1.807, 2.05) is 16.7 Å². The zero-order valence-electron chi connectivity index (χ0n) is 14.1. The van der Waals surface area contributed by atoms with Crippen molar-refractivity contribution in [3.05, 3.63) is 68.5 Å². The third-order valence-corrected chi connectivity index (χ3v) is 5.91. The highest BCUT2D eigenvalue weighted by Crippen LogP contribution is 2.49. The molecule has 2 N–H and O–H groups in total. The highest BCUT2D eigenvalue weighted by Gasteiger charge is 2.37. The number of aliphatic hydroxyl groups is 1. The molecule has 27 heavy (non-hydrogen) atoms. The molecule has 140 valence electrons. The molecule has 0 saturated carbocycles. The van der Waals surface area contributed by atoms with Gasteiger partial charge in [-0.1, -0.05) is 23.7 Å². The van der Waals surface area contributed by atoms with Crippen molar-refractivity contribution in [2.75, 3.05) is 0 Å². The molecule has 3 aromatic rings. The van der Waals surface area contributed by atoms with E-state index in [4.69, 9.17) is 11.6 Å². The lowest BCUT2D eigenvalue weighted by molar-refractivity contribution is -0.137. The highest BCUT2D eigenvalue weighted by atomic mass is 79.9. The Balaban J connectivity index is 1.95. The Labute approximate surface area is 168 Å². The molecule has 0 radical (unpaired) electrons. The Hall–Kier alpha value is -1.89. The number of carboxylic acids is 1. The summed E-state index contributed by atoms with van der Waals surface area (Å²) in [4.78, 5) is 11.3. The van der Waals surface area contributed by atoms with Crippen LogP contribution in [-0.2, 0) is 11.3 Å². The molecule has 0 aliphatic heterocycles. The van der Waals surface area contributed by atoms with E-state index in [1.54, 1.807) is 12.1 Å². The number of carbonyl (C=O) groups is 1. The van der Waals surface area contributed by atoms with Crippen molar-refractivity contribution in [2.24, 2.45) is 0 Å². The molecule has 0 spiro atoms. The van der Waals surface area contributed by atoms with Crippen LogP contribution in [0.2, 0.25) is 5.02 Å². The number of aromatic nitrogens is 1. The first kappa shape index (κ1) is 18.5. The number of benzene rings is 2. The molecule has 2 atom stereocenters. The molecular formula is C20H16BrClFNO3. The van der Waals surface area contributed by atoms with Crippen molar-refractivity contribution in [1.82, 2.24) is 4.57 Å². The maximum Gasteiger partial charge on any atom is 0.304 e. The summed E-state index contributed by atoms with van der Waals surface area (Å²) in [6.45, 7) is 0.468. The molecular weight excluding hydrogens is 437 g/mol. The van der Waals surface area contributed by atoms with Crippen molar-refractivity contribution < 1.29 is 19.4 Å². The minimum Gasteiger partial charge on any atom is -0.481 e. The standard InChI is InChI=1S/C20H16BrClFNO3/c21-15-8-13(23)7-14-18-16(25)5-11(6-17(26)27)19(18)24(20(14)15)9-10-1-3-12(22)4-2-10/h1-4,7-8,11,16,25H,5-6,9H2,(H,26,27)/t11-,16?/m1/s1. The molecule has 0 amide bonds. The van der Waals surface area contributed by atoms with Crippen molar-refractivity contribution in [2.45, 2.75) is 31.4 Å². The van der Waals surface area contributed by atoms with Crippen molar-refractivity contribution in [3.8, 4) is 0 Å². The fraction of sp³-hybridized carbons (Fsp3) is 0.250. The summed E-state index contributed by atoms with van der Waals surface area (Å²) in [5.41, 5.74) is 3.13. The van der Waals surface area contributed by atoms with Crippen LogP contribution in [-0.4, -0.2) is 20.7 Å². The number of hydrogen-bond acceptors (Lipinski definition) is 2. The topological polar surface area (TPSA) is 62.5 Å². The van der Waals surface area contributed by atoms with Crippen molar-refractivity contribution in [1.29, 1.82) is 0 Å². The summed E-state index contributed by atoms with van der Waals surface area (Å²) in [6.07, 6.45) is -0.574. The van der Waals surface area contributed by atoms with Gasteiger partial charge in [0.25, 0.3) is 0 Å². The first-order valence-corrected chi connectivity index (χ1v) is 9.67. The number of rotatable bonds is 4. The Morgan fingerprint density at radius 1 is 1.30 bits per heavy atom. The molecule has 1 aliphatic rings. The summed E-state index contributed by atoms with van der Waals surface area (Å²) in [7, 11) is 0. The normalized spacial score (nSPS) is 18.8. The van der Waals surface area contributed by atoms with Gasteiger partial charge in [-0.05, 0) is 52.2 Å². The maximum absolute atomic E-state index is 14.1. The van der Waals surface area contributed by atoms with E-state index in [9.17, 15) is 19.4 Å². The van der Waals surface area contributed by atoms with Crippen LogP contribution in [0, 0.1) is 5.82 Å². The second-order valence-corrected chi connectivity index (χ2v) is 8.13. The van der Waals surface area contributed by atoms with E-state index >= 15 is 0 Å². The molecule has 4 rings (SSSR count). The number of hydrogen-bond donors (Lipinski definition) is 2. The van der Waals surface area contributed by atoms with E-state index in [0.29, 0.717) is 33.4 Å². The minimum absolute atomic E-state index is 0.0822. The van der Waals surface area contributed by atoms with Gasteiger partial charge >= 0.3 is 5.97 Å². The van der Waals surface area contributed by atoms with E-state index in [-0.39, 0.29) is 12.3 Å². The van der Waals surface area contributed by atoms with E-state index in [0.717, 1.165) is 16.8 Å². The largest absolute Gasteiger partial charge is 0.481 e. The summed E-state index contributed by atoms with van der Waals surface area (Å²) >= 11 is 9.41. The first-order chi connectivity index (χ1) is 12.8. The second-order valence-electron chi connectivity index (χ2n) is 6.84. The van der Waals surface area contributed by atoms with Gasteiger partial charge in [0, 0.05) is 38.6 Å². The lowest BCUT2D eigenvalue weighted by Crippen LogP contribution is -2.11. The summed E-state index contributed by atoms with van der Waals surface area (Å²) < 4.78 is 16.6. The number of fused-ring (bicyclic) bond motifs is 3. The summed E-state index contributed by atoms with van der Waals surface area (Å²) in [6, 6.07) is 10.2. The van der Waals surface area contributed by atoms with Gasteiger partial charge in [-0.15, -0.1) is 0 Å². The van der Waals surface area contributed by atoms with Gasteiger partial charge in [-0.3, -0.25) is 4.79 Å². The Kier molecular flexibility index (Phi) is 4.74. The van der Waals surface area contributed by atoms with E-state index in [2.05, 4.69) is 15.9 Å². The van der Waals surface area contributed by atoms with Gasteiger partial charge in [0.1, 0.15) is 5.82 Å². The number of aliphatic hydroxyl groups excluding tert-OH is 1. The summed E-state index contributed by atoms with van der Waals surface area (Å²) in [5, 5.41) is 21.1. The Bertz CT molecular complexity index is 1050. The number of aliphatic carboxylic acids is 1.